The summed E-state index contributed by atoms with van der Waals surface area (Å²) < 4.78 is 25.7. The SMILES string of the molecule is CC(C)CC(C)(CN)NC(=O)CCCS(=O)(=O)N1CCCC1.Cl. The van der Waals surface area contributed by atoms with Crippen LogP contribution < -0.4 is 11.1 Å². The van der Waals surface area contributed by atoms with E-state index in [4.69, 9.17) is 5.73 Å². The first-order chi connectivity index (χ1) is 10.2. The number of carbonyl (C=O) groups is 1. The minimum Gasteiger partial charge on any atom is -0.350 e. The van der Waals surface area contributed by atoms with Gasteiger partial charge < -0.3 is 11.1 Å². The van der Waals surface area contributed by atoms with E-state index >= 15 is 0 Å². The molecule has 138 valence electrons. The highest BCUT2D eigenvalue weighted by Gasteiger charge is 2.27. The minimum absolute atomic E-state index is 0. The summed E-state index contributed by atoms with van der Waals surface area (Å²) in [5, 5.41) is 2.96. The number of amides is 1. The fourth-order valence-electron chi connectivity index (χ4n) is 3.00. The first-order valence-corrected chi connectivity index (χ1v) is 9.78. The zero-order valence-electron chi connectivity index (χ0n) is 14.5. The van der Waals surface area contributed by atoms with Crippen molar-refractivity contribution in [2.75, 3.05) is 25.4 Å². The molecule has 3 N–H and O–H groups in total. The molecule has 1 aliphatic heterocycles. The minimum atomic E-state index is -3.20. The number of hydrogen-bond acceptors (Lipinski definition) is 4. The molecule has 1 amide bonds. The molecule has 6 nitrogen and oxygen atoms in total. The van der Waals surface area contributed by atoms with Crippen molar-refractivity contribution >= 4 is 28.3 Å². The first kappa shape index (κ1) is 22.6. The highest BCUT2D eigenvalue weighted by molar-refractivity contribution is 7.89. The van der Waals surface area contributed by atoms with Crippen molar-refractivity contribution in [1.29, 1.82) is 0 Å². The van der Waals surface area contributed by atoms with E-state index < -0.39 is 15.6 Å². The fourth-order valence-corrected chi connectivity index (χ4v) is 4.58. The summed E-state index contributed by atoms with van der Waals surface area (Å²) in [5.74, 6) is 0.360. The van der Waals surface area contributed by atoms with Crippen LogP contribution in [-0.2, 0) is 14.8 Å². The summed E-state index contributed by atoms with van der Waals surface area (Å²) >= 11 is 0. The van der Waals surface area contributed by atoms with Gasteiger partial charge in [0.2, 0.25) is 15.9 Å². The zero-order valence-corrected chi connectivity index (χ0v) is 16.1. The molecule has 1 atom stereocenters. The van der Waals surface area contributed by atoms with Gasteiger partial charge in [0.15, 0.2) is 0 Å². The van der Waals surface area contributed by atoms with Crippen molar-refractivity contribution in [2.24, 2.45) is 11.7 Å². The number of halogens is 1. The van der Waals surface area contributed by atoms with Crippen LogP contribution in [0.15, 0.2) is 0 Å². The summed E-state index contributed by atoms with van der Waals surface area (Å²) in [5.41, 5.74) is 5.35. The van der Waals surface area contributed by atoms with E-state index in [9.17, 15) is 13.2 Å². The van der Waals surface area contributed by atoms with Gasteiger partial charge in [0.1, 0.15) is 0 Å². The smallest absolute Gasteiger partial charge is 0.220 e. The Balaban J connectivity index is 0.00000484. The van der Waals surface area contributed by atoms with Crippen LogP contribution >= 0.6 is 12.4 Å². The molecule has 0 spiro atoms. The van der Waals surface area contributed by atoms with E-state index in [-0.39, 0.29) is 30.5 Å². The van der Waals surface area contributed by atoms with Gasteiger partial charge in [-0.1, -0.05) is 13.8 Å². The lowest BCUT2D eigenvalue weighted by Crippen LogP contribution is -2.52. The highest BCUT2D eigenvalue weighted by Crippen LogP contribution is 2.16. The molecular weight excluding hydrogens is 338 g/mol. The van der Waals surface area contributed by atoms with Gasteiger partial charge in [-0.2, -0.15) is 0 Å². The number of nitrogens with zero attached hydrogens (tertiary/aromatic N) is 1. The Morgan fingerprint density at radius 2 is 1.87 bits per heavy atom. The number of carbonyl (C=O) groups excluding carboxylic acids is 1. The van der Waals surface area contributed by atoms with Gasteiger partial charge >= 0.3 is 0 Å². The second kappa shape index (κ2) is 9.81. The van der Waals surface area contributed by atoms with Gasteiger partial charge in [0, 0.05) is 31.6 Å². The molecule has 1 unspecified atom stereocenters. The number of rotatable bonds is 9. The molecule has 0 saturated carbocycles. The molecule has 0 aromatic rings. The van der Waals surface area contributed by atoms with Crippen LogP contribution in [0.1, 0.15) is 52.9 Å². The number of nitrogens with one attached hydrogen (secondary N) is 1. The van der Waals surface area contributed by atoms with Crippen molar-refractivity contribution in [3.63, 3.8) is 0 Å². The molecule has 1 aliphatic rings. The van der Waals surface area contributed by atoms with E-state index in [1.54, 1.807) is 0 Å². The molecule has 1 fully saturated rings. The van der Waals surface area contributed by atoms with E-state index in [0.717, 1.165) is 19.3 Å². The Morgan fingerprint density at radius 1 is 1.30 bits per heavy atom. The molecule has 1 rings (SSSR count). The predicted octanol–water partition coefficient (Wildman–Crippen LogP) is 1.49. The van der Waals surface area contributed by atoms with Crippen molar-refractivity contribution in [2.45, 2.75) is 58.4 Å². The average Bonchev–Trinajstić information content (AvgIpc) is 2.91. The first-order valence-electron chi connectivity index (χ1n) is 8.17. The van der Waals surface area contributed by atoms with Gasteiger partial charge in [-0.15, -0.1) is 12.4 Å². The summed E-state index contributed by atoms with van der Waals surface area (Å²) in [6.45, 7) is 7.72. The van der Waals surface area contributed by atoms with Crippen LogP contribution in [0.25, 0.3) is 0 Å². The molecule has 0 bridgehead atoms. The fraction of sp³-hybridized carbons (Fsp3) is 0.933. The van der Waals surface area contributed by atoms with Crippen LogP contribution in [0.2, 0.25) is 0 Å². The third-order valence-corrected chi connectivity index (χ3v) is 5.97. The van der Waals surface area contributed by atoms with Crippen molar-refractivity contribution < 1.29 is 13.2 Å². The maximum Gasteiger partial charge on any atom is 0.220 e. The predicted molar refractivity (Wildman–Crippen MR) is 96.1 cm³/mol. The van der Waals surface area contributed by atoms with E-state index in [0.29, 0.717) is 32.0 Å². The van der Waals surface area contributed by atoms with Crippen LogP contribution in [0.4, 0.5) is 0 Å². The number of sulfonamides is 1. The molecule has 0 aliphatic carbocycles. The van der Waals surface area contributed by atoms with Gasteiger partial charge in [-0.3, -0.25) is 4.79 Å². The van der Waals surface area contributed by atoms with E-state index in [1.807, 2.05) is 6.92 Å². The van der Waals surface area contributed by atoms with E-state index in [1.165, 1.54) is 4.31 Å². The van der Waals surface area contributed by atoms with Gasteiger partial charge in [-0.05, 0) is 38.5 Å². The monoisotopic (exact) mass is 369 g/mol. The van der Waals surface area contributed by atoms with Crippen molar-refractivity contribution in [1.82, 2.24) is 9.62 Å². The molecule has 1 saturated heterocycles. The van der Waals surface area contributed by atoms with Crippen LogP contribution in [-0.4, -0.2) is 49.6 Å². The van der Waals surface area contributed by atoms with Crippen LogP contribution in [0.3, 0.4) is 0 Å². The third kappa shape index (κ3) is 7.83. The number of hydrogen-bond donors (Lipinski definition) is 2. The zero-order chi connectivity index (χ0) is 16.8. The normalized spacial score (nSPS) is 18.5. The van der Waals surface area contributed by atoms with Crippen molar-refractivity contribution in [3.05, 3.63) is 0 Å². The standard InChI is InChI=1S/C15H31N3O3S.ClH/c1-13(2)11-15(3,12-16)17-14(19)7-6-10-22(20,21)18-8-4-5-9-18;/h13H,4-12,16H2,1-3H3,(H,17,19);1H. The molecule has 1 heterocycles. The second-order valence-electron chi connectivity index (χ2n) is 6.94. The maximum atomic E-state index is 12.1. The highest BCUT2D eigenvalue weighted by atomic mass is 35.5. The number of nitrogens with two attached hydrogens (primary N) is 1. The topological polar surface area (TPSA) is 92.5 Å². The largest absolute Gasteiger partial charge is 0.350 e. The molecular formula is C15H32ClN3O3S. The lowest BCUT2D eigenvalue weighted by atomic mass is 9.90. The summed E-state index contributed by atoms with van der Waals surface area (Å²) in [6.07, 6.45) is 3.25. The van der Waals surface area contributed by atoms with Gasteiger partial charge in [0.25, 0.3) is 0 Å². The van der Waals surface area contributed by atoms with Crippen LogP contribution in [0.5, 0.6) is 0 Å². The molecule has 23 heavy (non-hydrogen) atoms. The van der Waals surface area contributed by atoms with Gasteiger partial charge in [0.05, 0.1) is 5.75 Å². The van der Waals surface area contributed by atoms with E-state index in [2.05, 4.69) is 19.2 Å². The molecule has 0 radical (unpaired) electrons. The summed E-state index contributed by atoms with van der Waals surface area (Å²) in [6, 6.07) is 0. The Kier molecular flexibility index (Phi) is 9.65. The summed E-state index contributed by atoms with van der Waals surface area (Å²) in [4.78, 5) is 12.0. The average molecular weight is 370 g/mol. The lowest BCUT2D eigenvalue weighted by molar-refractivity contribution is -0.122. The molecule has 8 heteroatoms. The Labute approximate surface area is 147 Å². The van der Waals surface area contributed by atoms with Crippen LogP contribution in [0, 0.1) is 5.92 Å². The maximum absolute atomic E-state index is 12.1. The quantitative estimate of drug-likeness (QED) is 0.644. The lowest BCUT2D eigenvalue weighted by Gasteiger charge is -2.31. The Morgan fingerprint density at radius 3 is 2.35 bits per heavy atom. The summed E-state index contributed by atoms with van der Waals surface area (Å²) in [7, 11) is -3.20. The molecule has 0 aromatic heterocycles. The Hall–Kier alpha value is -0.370. The third-order valence-electron chi connectivity index (χ3n) is 4.02. The van der Waals surface area contributed by atoms with Crippen molar-refractivity contribution in [3.8, 4) is 0 Å². The second-order valence-corrected chi connectivity index (χ2v) is 9.03. The van der Waals surface area contributed by atoms with Gasteiger partial charge in [-0.25, -0.2) is 12.7 Å². The molecule has 0 aromatic carbocycles. The Bertz CT molecular complexity index is 465.